The van der Waals surface area contributed by atoms with E-state index in [4.69, 9.17) is 5.73 Å². The van der Waals surface area contributed by atoms with E-state index in [1.807, 2.05) is 48.5 Å². The van der Waals surface area contributed by atoms with Gasteiger partial charge in [-0.1, -0.05) is 56.3 Å². The molecule has 1 unspecified atom stereocenters. The minimum absolute atomic E-state index is 0.0636. The number of anilines is 1. The molecule has 24 heavy (non-hydrogen) atoms. The topological polar surface area (TPSA) is 58.4 Å². The standard InChI is InChI=1S/C20H27N3O/c1-3-23(4-2)15-16-9-8-12-18(13-16)22-20(24)14-19(21)17-10-6-5-7-11-17/h5-13,19H,3-4,14-15,21H2,1-2H3,(H,22,24). The first-order chi connectivity index (χ1) is 11.6. The van der Waals surface area contributed by atoms with E-state index in [1.165, 1.54) is 5.56 Å². The molecular formula is C20H27N3O. The van der Waals surface area contributed by atoms with Gasteiger partial charge in [-0.25, -0.2) is 0 Å². The SMILES string of the molecule is CCN(CC)Cc1cccc(NC(=O)CC(N)c2ccccc2)c1. The number of rotatable bonds is 8. The van der Waals surface area contributed by atoms with Crippen molar-refractivity contribution in [2.24, 2.45) is 5.73 Å². The summed E-state index contributed by atoms with van der Waals surface area (Å²) in [4.78, 5) is 14.6. The molecule has 0 saturated carbocycles. The molecule has 4 heteroatoms. The Kier molecular flexibility index (Phi) is 6.97. The number of amides is 1. The van der Waals surface area contributed by atoms with Gasteiger partial charge in [0.1, 0.15) is 0 Å². The van der Waals surface area contributed by atoms with Gasteiger partial charge in [-0.15, -0.1) is 0 Å². The lowest BCUT2D eigenvalue weighted by Crippen LogP contribution is -2.22. The molecule has 4 nitrogen and oxygen atoms in total. The molecule has 2 aromatic rings. The third-order valence-electron chi connectivity index (χ3n) is 4.14. The molecule has 0 heterocycles. The van der Waals surface area contributed by atoms with Gasteiger partial charge in [-0.2, -0.15) is 0 Å². The first kappa shape index (κ1) is 18.2. The monoisotopic (exact) mass is 325 g/mol. The summed E-state index contributed by atoms with van der Waals surface area (Å²) >= 11 is 0. The fourth-order valence-corrected chi connectivity index (χ4v) is 2.68. The Hall–Kier alpha value is -2.17. The van der Waals surface area contributed by atoms with Crippen LogP contribution in [0.5, 0.6) is 0 Å². The predicted octanol–water partition coefficient (Wildman–Crippen LogP) is 3.56. The zero-order valence-corrected chi connectivity index (χ0v) is 14.5. The molecule has 0 fully saturated rings. The smallest absolute Gasteiger partial charge is 0.226 e. The number of hydrogen-bond donors (Lipinski definition) is 2. The molecule has 0 radical (unpaired) electrons. The number of nitrogens with zero attached hydrogens (tertiary/aromatic N) is 1. The molecule has 0 spiro atoms. The Balaban J connectivity index is 1.94. The normalized spacial score (nSPS) is 12.2. The average molecular weight is 325 g/mol. The van der Waals surface area contributed by atoms with Crippen LogP contribution in [0, 0.1) is 0 Å². The highest BCUT2D eigenvalue weighted by atomic mass is 16.1. The lowest BCUT2D eigenvalue weighted by molar-refractivity contribution is -0.116. The van der Waals surface area contributed by atoms with Crippen molar-refractivity contribution in [3.63, 3.8) is 0 Å². The number of hydrogen-bond acceptors (Lipinski definition) is 3. The summed E-state index contributed by atoms with van der Waals surface area (Å²) in [5.74, 6) is -0.0636. The second-order valence-electron chi connectivity index (χ2n) is 5.93. The summed E-state index contributed by atoms with van der Waals surface area (Å²) in [7, 11) is 0. The predicted molar refractivity (Wildman–Crippen MR) is 99.7 cm³/mol. The zero-order chi connectivity index (χ0) is 17.4. The maximum Gasteiger partial charge on any atom is 0.226 e. The third kappa shape index (κ3) is 5.48. The van der Waals surface area contributed by atoms with E-state index in [-0.39, 0.29) is 18.4 Å². The van der Waals surface area contributed by atoms with Crippen LogP contribution in [0.1, 0.15) is 37.4 Å². The molecule has 2 rings (SSSR count). The summed E-state index contributed by atoms with van der Waals surface area (Å²) in [6.07, 6.45) is 0.268. The minimum Gasteiger partial charge on any atom is -0.326 e. The molecule has 0 saturated heterocycles. The van der Waals surface area contributed by atoms with Gasteiger partial charge in [0, 0.05) is 24.7 Å². The van der Waals surface area contributed by atoms with Crippen LogP contribution < -0.4 is 11.1 Å². The number of carbonyl (C=O) groups is 1. The largest absolute Gasteiger partial charge is 0.326 e. The molecule has 128 valence electrons. The van der Waals surface area contributed by atoms with Crippen molar-refractivity contribution in [1.82, 2.24) is 4.90 Å². The molecule has 0 aliphatic carbocycles. The summed E-state index contributed by atoms with van der Waals surface area (Å²) in [6.45, 7) is 7.22. The Morgan fingerprint density at radius 1 is 1.08 bits per heavy atom. The first-order valence-corrected chi connectivity index (χ1v) is 8.54. The number of benzene rings is 2. The van der Waals surface area contributed by atoms with Gasteiger partial charge in [0.05, 0.1) is 0 Å². The number of nitrogens with one attached hydrogen (secondary N) is 1. The van der Waals surface area contributed by atoms with Gasteiger partial charge in [0.25, 0.3) is 0 Å². The second-order valence-corrected chi connectivity index (χ2v) is 5.93. The van der Waals surface area contributed by atoms with Crippen molar-refractivity contribution >= 4 is 11.6 Å². The lowest BCUT2D eigenvalue weighted by Gasteiger charge is -2.18. The molecule has 0 aliphatic rings. The van der Waals surface area contributed by atoms with Gasteiger partial charge in [-0.05, 0) is 36.3 Å². The summed E-state index contributed by atoms with van der Waals surface area (Å²) in [5, 5.41) is 2.95. The average Bonchev–Trinajstić information content (AvgIpc) is 2.60. The van der Waals surface area contributed by atoms with Crippen molar-refractivity contribution in [3.05, 3.63) is 65.7 Å². The molecule has 0 bridgehead atoms. The molecule has 1 amide bonds. The molecule has 3 N–H and O–H groups in total. The van der Waals surface area contributed by atoms with Crippen LogP contribution in [0.15, 0.2) is 54.6 Å². The summed E-state index contributed by atoms with van der Waals surface area (Å²) in [5.41, 5.74) is 9.11. The van der Waals surface area contributed by atoms with E-state index < -0.39 is 0 Å². The van der Waals surface area contributed by atoms with Crippen molar-refractivity contribution < 1.29 is 4.79 Å². The van der Waals surface area contributed by atoms with Gasteiger partial charge in [0.2, 0.25) is 5.91 Å². The van der Waals surface area contributed by atoms with Gasteiger partial charge >= 0.3 is 0 Å². The van der Waals surface area contributed by atoms with Crippen molar-refractivity contribution in [1.29, 1.82) is 0 Å². The van der Waals surface area contributed by atoms with Gasteiger partial charge in [-0.3, -0.25) is 9.69 Å². The van der Waals surface area contributed by atoms with E-state index in [0.717, 1.165) is 30.9 Å². The van der Waals surface area contributed by atoms with Crippen molar-refractivity contribution in [2.75, 3.05) is 18.4 Å². The van der Waals surface area contributed by atoms with Crippen LogP contribution in [0.4, 0.5) is 5.69 Å². The maximum atomic E-state index is 12.2. The molecule has 1 atom stereocenters. The molecule has 0 aromatic heterocycles. The molecule has 2 aromatic carbocycles. The van der Waals surface area contributed by atoms with Crippen LogP contribution in [0.3, 0.4) is 0 Å². The van der Waals surface area contributed by atoms with Crippen molar-refractivity contribution in [3.8, 4) is 0 Å². The maximum absolute atomic E-state index is 12.2. The quantitative estimate of drug-likeness (QED) is 0.780. The zero-order valence-electron chi connectivity index (χ0n) is 14.5. The van der Waals surface area contributed by atoms with E-state index in [1.54, 1.807) is 0 Å². The van der Waals surface area contributed by atoms with Crippen LogP contribution in [-0.4, -0.2) is 23.9 Å². The molecule has 0 aliphatic heterocycles. The Bertz CT molecular complexity index is 638. The lowest BCUT2D eigenvalue weighted by atomic mass is 10.0. The number of nitrogens with two attached hydrogens (primary N) is 1. The first-order valence-electron chi connectivity index (χ1n) is 8.54. The Morgan fingerprint density at radius 2 is 1.79 bits per heavy atom. The van der Waals surface area contributed by atoms with Crippen LogP contribution in [0.2, 0.25) is 0 Å². The van der Waals surface area contributed by atoms with Crippen LogP contribution >= 0.6 is 0 Å². The van der Waals surface area contributed by atoms with Gasteiger partial charge < -0.3 is 11.1 Å². The van der Waals surface area contributed by atoms with Gasteiger partial charge in [0.15, 0.2) is 0 Å². The second kappa shape index (κ2) is 9.21. The highest BCUT2D eigenvalue weighted by molar-refractivity contribution is 5.91. The highest BCUT2D eigenvalue weighted by Crippen LogP contribution is 2.16. The molecular weight excluding hydrogens is 298 g/mol. The van der Waals surface area contributed by atoms with Crippen molar-refractivity contribution in [2.45, 2.75) is 32.9 Å². The van der Waals surface area contributed by atoms with E-state index in [2.05, 4.69) is 30.1 Å². The van der Waals surface area contributed by atoms with E-state index in [0.29, 0.717) is 0 Å². The summed E-state index contributed by atoms with van der Waals surface area (Å²) in [6, 6.07) is 17.4. The Morgan fingerprint density at radius 3 is 2.46 bits per heavy atom. The fourth-order valence-electron chi connectivity index (χ4n) is 2.68. The fraction of sp³-hybridized carbons (Fsp3) is 0.350. The van der Waals surface area contributed by atoms with Crippen LogP contribution in [-0.2, 0) is 11.3 Å². The highest BCUT2D eigenvalue weighted by Gasteiger charge is 2.12. The van der Waals surface area contributed by atoms with E-state index >= 15 is 0 Å². The summed E-state index contributed by atoms with van der Waals surface area (Å²) < 4.78 is 0. The number of carbonyl (C=O) groups excluding carboxylic acids is 1. The van der Waals surface area contributed by atoms with Crippen LogP contribution in [0.25, 0.3) is 0 Å². The Labute approximate surface area is 144 Å². The van der Waals surface area contributed by atoms with E-state index in [9.17, 15) is 4.79 Å². The third-order valence-corrected chi connectivity index (χ3v) is 4.14. The minimum atomic E-state index is -0.287.